The molecule has 0 unspecified atom stereocenters. The van der Waals surface area contributed by atoms with Crippen LogP contribution in [-0.4, -0.2) is 23.8 Å². The second-order valence-electron chi connectivity index (χ2n) is 7.09. The van der Waals surface area contributed by atoms with Crippen molar-refractivity contribution in [3.63, 3.8) is 0 Å². The van der Waals surface area contributed by atoms with Gasteiger partial charge in [-0.15, -0.1) is 11.3 Å². The lowest BCUT2D eigenvalue weighted by molar-refractivity contribution is -0.111. The van der Waals surface area contributed by atoms with Crippen molar-refractivity contribution >= 4 is 45.0 Å². The number of rotatable bonds is 6. The van der Waals surface area contributed by atoms with E-state index >= 15 is 0 Å². The number of benzene rings is 2. The number of nitrogens with zero attached hydrogens (tertiary/aromatic N) is 1. The van der Waals surface area contributed by atoms with Crippen LogP contribution in [0.5, 0.6) is 11.5 Å². The maximum Gasteiger partial charge on any atom is 0.269 e. The summed E-state index contributed by atoms with van der Waals surface area (Å²) in [6, 6.07) is 18.6. The van der Waals surface area contributed by atoms with Gasteiger partial charge in [0.05, 0.1) is 0 Å². The van der Waals surface area contributed by atoms with Gasteiger partial charge in [0.2, 0.25) is 5.91 Å². The Labute approximate surface area is 189 Å². The van der Waals surface area contributed by atoms with E-state index in [1.807, 2.05) is 6.08 Å². The van der Waals surface area contributed by atoms with Crippen molar-refractivity contribution in [2.45, 2.75) is 6.92 Å². The molecule has 0 saturated carbocycles. The number of amides is 2. The Hall–Kier alpha value is -3.97. The van der Waals surface area contributed by atoms with Gasteiger partial charge < -0.3 is 15.4 Å². The van der Waals surface area contributed by atoms with Crippen LogP contribution in [0.2, 0.25) is 0 Å². The summed E-state index contributed by atoms with van der Waals surface area (Å²) in [7, 11) is 1.54. The molecule has 2 N–H and O–H groups in total. The number of hydrogen-bond acceptors (Lipinski definition) is 5. The predicted octanol–water partition coefficient (Wildman–Crippen LogP) is 5.41. The van der Waals surface area contributed by atoms with Gasteiger partial charge in [0.15, 0.2) is 0 Å². The lowest BCUT2D eigenvalue weighted by atomic mass is 10.2. The first-order valence-corrected chi connectivity index (χ1v) is 10.8. The number of carbonyl (C=O) groups excluding carboxylic acids is 2. The summed E-state index contributed by atoms with van der Waals surface area (Å²) >= 11 is 1.65. The molecule has 4 aromatic rings. The van der Waals surface area contributed by atoms with Crippen LogP contribution in [0.15, 0.2) is 72.9 Å². The number of carbonyl (C=O) groups is 2. The molecule has 7 heteroatoms. The number of nitrogens with one attached hydrogen (secondary N) is 2. The molecular formula is C25H21N3O3S. The zero-order chi connectivity index (χ0) is 22.5. The van der Waals surface area contributed by atoms with Crippen LogP contribution in [0.3, 0.4) is 0 Å². The second-order valence-corrected chi connectivity index (χ2v) is 8.21. The van der Waals surface area contributed by atoms with Crippen molar-refractivity contribution in [3.05, 3.63) is 89.1 Å². The highest BCUT2D eigenvalue weighted by Crippen LogP contribution is 2.27. The van der Waals surface area contributed by atoms with Gasteiger partial charge in [0.25, 0.3) is 5.91 Å². The molecule has 6 nitrogen and oxygen atoms in total. The van der Waals surface area contributed by atoms with Crippen LogP contribution in [0.25, 0.3) is 16.2 Å². The highest BCUT2D eigenvalue weighted by molar-refractivity contribution is 7.19. The first kappa shape index (κ1) is 21.3. The molecule has 2 heterocycles. The van der Waals surface area contributed by atoms with E-state index in [4.69, 9.17) is 4.74 Å². The number of anilines is 1. The molecule has 0 bridgehead atoms. The average Bonchev–Trinajstić information content (AvgIpc) is 3.20. The van der Waals surface area contributed by atoms with Gasteiger partial charge in [-0.05, 0) is 60.9 Å². The van der Waals surface area contributed by atoms with Crippen molar-refractivity contribution in [2.24, 2.45) is 0 Å². The molecule has 32 heavy (non-hydrogen) atoms. The summed E-state index contributed by atoms with van der Waals surface area (Å²) in [5.74, 6) is 0.578. The van der Waals surface area contributed by atoms with Crippen LogP contribution in [-0.2, 0) is 4.79 Å². The number of thiophene rings is 1. The van der Waals surface area contributed by atoms with Gasteiger partial charge in [-0.25, -0.2) is 0 Å². The largest absolute Gasteiger partial charge is 0.457 e. The fraction of sp³-hybridized carbons (Fsp3) is 0.0800. The van der Waals surface area contributed by atoms with E-state index in [-0.39, 0.29) is 17.5 Å². The SMILES string of the molecule is CNC(=O)c1cc(Oc2ccc(NC(=O)C=Cc3cc4cc(C)ccc4s3)cc2)ccn1. The topological polar surface area (TPSA) is 80.3 Å². The van der Waals surface area contributed by atoms with Gasteiger partial charge in [0.1, 0.15) is 17.2 Å². The molecular weight excluding hydrogens is 422 g/mol. The Morgan fingerprint density at radius 1 is 1.00 bits per heavy atom. The molecule has 4 rings (SSSR count). The highest BCUT2D eigenvalue weighted by Gasteiger charge is 2.07. The van der Waals surface area contributed by atoms with E-state index in [9.17, 15) is 9.59 Å². The smallest absolute Gasteiger partial charge is 0.269 e. The Morgan fingerprint density at radius 2 is 1.81 bits per heavy atom. The average molecular weight is 444 g/mol. The minimum Gasteiger partial charge on any atom is -0.457 e. The van der Waals surface area contributed by atoms with Crippen LogP contribution in [0.1, 0.15) is 20.9 Å². The van der Waals surface area contributed by atoms with E-state index in [0.717, 1.165) is 4.88 Å². The number of pyridine rings is 1. The third-order valence-electron chi connectivity index (χ3n) is 4.64. The normalized spacial score (nSPS) is 10.9. The van der Waals surface area contributed by atoms with Gasteiger partial charge in [-0.3, -0.25) is 14.6 Å². The van der Waals surface area contributed by atoms with E-state index in [1.54, 1.807) is 54.8 Å². The standard InChI is InChI=1S/C25H21N3O3S/c1-16-3-9-23-17(13-16)14-21(32-23)8-10-24(29)28-18-4-6-19(7-5-18)31-20-11-12-27-22(15-20)25(30)26-2/h3-15H,1-2H3,(H,26,30)(H,28,29). The third-order valence-corrected chi connectivity index (χ3v) is 5.72. The lowest BCUT2D eigenvalue weighted by Crippen LogP contribution is -2.18. The number of aromatic nitrogens is 1. The van der Waals surface area contributed by atoms with E-state index in [1.165, 1.54) is 27.9 Å². The van der Waals surface area contributed by atoms with Crippen LogP contribution < -0.4 is 15.4 Å². The quantitative estimate of drug-likeness (QED) is 0.391. The molecule has 0 fully saturated rings. The molecule has 0 aliphatic rings. The molecule has 0 aliphatic carbocycles. The van der Waals surface area contributed by atoms with E-state index < -0.39 is 0 Å². The van der Waals surface area contributed by atoms with Gasteiger partial charge in [-0.2, -0.15) is 0 Å². The molecule has 160 valence electrons. The Morgan fingerprint density at radius 3 is 2.59 bits per heavy atom. The molecule has 0 saturated heterocycles. The number of aryl methyl sites for hydroxylation is 1. The summed E-state index contributed by atoms with van der Waals surface area (Å²) in [6.07, 6.45) is 4.86. The van der Waals surface area contributed by atoms with Crippen molar-refractivity contribution in [1.82, 2.24) is 10.3 Å². The zero-order valence-corrected chi connectivity index (χ0v) is 18.4. The summed E-state index contributed by atoms with van der Waals surface area (Å²) in [6.45, 7) is 2.07. The summed E-state index contributed by atoms with van der Waals surface area (Å²) in [5.41, 5.74) is 2.14. The monoisotopic (exact) mass is 443 g/mol. The number of fused-ring (bicyclic) bond motifs is 1. The van der Waals surface area contributed by atoms with Crippen molar-refractivity contribution in [2.75, 3.05) is 12.4 Å². The predicted molar refractivity (Wildman–Crippen MR) is 128 cm³/mol. The van der Waals surface area contributed by atoms with Crippen molar-refractivity contribution in [3.8, 4) is 11.5 Å². The summed E-state index contributed by atoms with van der Waals surface area (Å²) in [5, 5.41) is 6.55. The summed E-state index contributed by atoms with van der Waals surface area (Å²) < 4.78 is 6.97. The molecule has 0 spiro atoms. The Bertz CT molecular complexity index is 1310. The lowest BCUT2D eigenvalue weighted by Gasteiger charge is -2.08. The van der Waals surface area contributed by atoms with E-state index in [2.05, 4.69) is 46.8 Å². The highest BCUT2D eigenvalue weighted by atomic mass is 32.1. The Balaban J connectivity index is 1.37. The van der Waals surface area contributed by atoms with Crippen molar-refractivity contribution < 1.29 is 14.3 Å². The molecule has 2 aromatic heterocycles. The van der Waals surface area contributed by atoms with Gasteiger partial charge >= 0.3 is 0 Å². The molecule has 0 aliphatic heterocycles. The Kier molecular flexibility index (Phi) is 6.28. The minimum atomic E-state index is -0.285. The fourth-order valence-corrected chi connectivity index (χ4v) is 4.02. The molecule has 2 aromatic carbocycles. The third kappa shape index (κ3) is 5.19. The maximum atomic E-state index is 12.3. The fourth-order valence-electron chi connectivity index (χ4n) is 3.08. The molecule has 0 radical (unpaired) electrons. The second kappa shape index (κ2) is 9.45. The molecule has 0 atom stereocenters. The number of ether oxygens (including phenoxy) is 1. The first-order valence-electron chi connectivity index (χ1n) is 9.95. The zero-order valence-electron chi connectivity index (χ0n) is 17.6. The first-order chi connectivity index (χ1) is 15.5. The van der Waals surface area contributed by atoms with Crippen molar-refractivity contribution in [1.29, 1.82) is 0 Å². The number of hydrogen-bond donors (Lipinski definition) is 2. The molecule has 2 amide bonds. The maximum absolute atomic E-state index is 12.3. The van der Waals surface area contributed by atoms with Crippen LogP contribution in [0.4, 0.5) is 5.69 Å². The summed E-state index contributed by atoms with van der Waals surface area (Å²) in [4.78, 5) is 29.0. The van der Waals surface area contributed by atoms with Crippen LogP contribution >= 0.6 is 11.3 Å². The van der Waals surface area contributed by atoms with Gasteiger partial charge in [0, 0.05) is 40.7 Å². The van der Waals surface area contributed by atoms with Gasteiger partial charge in [-0.1, -0.05) is 17.7 Å². The van der Waals surface area contributed by atoms with E-state index in [0.29, 0.717) is 17.2 Å². The van der Waals surface area contributed by atoms with Crippen LogP contribution in [0, 0.1) is 6.92 Å². The minimum absolute atomic E-state index is 0.211.